The number of hydrogen-bond acceptors (Lipinski definition) is 7. The molecule has 2 heterocycles. The van der Waals surface area contributed by atoms with Crippen molar-refractivity contribution in [3.8, 4) is 0 Å². The van der Waals surface area contributed by atoms with Gasteiger partial charge in [0.1, 0.15) is 0 Å². The molecule has 0 N–H and O–H groups in total. The molecule has 2 aromatic rings. The zero-order chi connectivity index (χ0) is 18.5. The fourth-order valence-electron chi connectivity index (χ4n) is 3.23. The van der Waals surface area contributed by atoms with Gasteiger partial charge in [-0.05, 0) is 26.0 Å². The second-order valence-electron chi connectivity index (χ2n) is 6.01. The lowest BCUT2D eigenvalue weighted by molar-refractivity contribution is -0.384. The number of anilines is 1. The number of nitrogens with zero attached hydrogens (tertiary/aromatic N) is 3. The van der Waals surface area contributed by atoms with Crippen LogP contribution in [0.4, 0.5) is 11.4 Å². The van der Waals surface area contributed by atoms with E-state index in [0.29, 0.717) is 16.8 Å². The molecule has 2 aromatic carbocycles. The molecule has 26 heavy (non-hydrogen) atoms. The normalized spacial score (nSPS) is 20.5. The zero-order valence-corrected chi connectivity index (χ0v) is 14.1. The predicted octanol–water partition coefficient (Wildman–Crippen LogP) is 2.99. The van der Waals surface area contributed by atoms with Gasteiger partial charge in [0.2, 0.25) is 0 Å². The fraction of sp³-hybridized carbons (Fsp3) is 0.222. The number of ether oxygens (including phenoxy) is 1. The summed E-state index contributed by atoms with van der Waals surface area (Å²) in [7, 11) is 0. The molecule has 4 rings (SSSR count). The maximum absolute atomic E-state index is 13.0. The van der Waals surface area contributed by atoms with Crippen molar-refractivity contribution in [1.82, 2.24) is 0 Å². The van der Waals surface area contributed by atoms with Gasteiger partial charge in [-0.25, -0.2) is 0 Å². The molecule has 0 saturated carbocycles. The van der Waals surface area contributed by atoms with Gasteiger partial charge in [0.05, 0.1) is 22.8 Å². The Kier molecular flexibility index (Phi) is 3.52. The van der Waals surface area contributed by atoms with Crippen molar-refractivity contribution in [3.63, 3.8) is 0 Å². The van der Waals surface area contributed by atoms with Crippen molar-refractivity contribution in [2.75, 3.05) is 11.5 Å². The minimum Gasteiger partial charge on any atom is -0.327 e. The highest BCUT2D eigenvalue weighted by Crippen LogP contribution is 2.45. The number of benzene rings is 2. The summed E-state index contributed by atoms with van der Waals surface area (Å²) in [5.41, 5.74) is 2.38. The van der Waals surface area contributed by atoms with Crippen LogP contribution in [0.15, 0.2) is 47.6 Å². The van der Waals surface area contributed by atoms with Crippen molar-refractivity contribution >= 4 is 23.0 Å². The monoisotopic (exact) mass is 353 g/mol. The SMILES string of the molecule is CCOC12ON=C(c3cccc([N+](=O)[O-])c3)N1c1ccc(C)cc1C2=O. The van der Waals surface area contributed by atoms with Gasteiger partial charge in [0, 0.05) is 17.7 Å². The number of fused-ring (bicyclic) bond motifs is 3. The van der Waals surface area contributed by atoms with E-state index in [9.17, 15) is 14.9 Å². The molecule has 0 amide bonds. The number of non-ortho nitro benzene ring substituents is 1. The molecule has 1 atom stereocenters. The van der Waals surface area contributed by atoms with Crippen LogP contribution in [0.2, 0.25) is 0 Å². The second-order valence-corrected chi connectivity index (χ2v) is 6.01. The van der Waals surface area contributed by atoms with E-state index >= 15 is 0 Å². The lowest BCUT2D eigenvalue weighted by atomic mass is 10.1. The summed E-state index contributed by atoms with van der Waals surface area (Å²) < 4.78 is 5.68. The molecule has 0 bridgehead atoms. The first-order chi connectivity index (χ1) is 12.5. The number of Topliss-reactive ketones (excluding diaryl/α,β-unsaturated/α-hetero) is 1. The molecule has 0 fully saturated rings. The summed E-state index contributed by atoms with van der Waals surface area (Å²) in [6.45, 7) is 3.87. The lowest BCUT2D eigenvalue weighted by Crippen LogP contribution is -2.52. The predicted molar refractivity (Wildman–Crippen MR) is 93.1 cm³/mol. The Bertz CT molecular complexity index is 971. The quantitative estimate of drug-likeness (QED) is 0.619. The van der Waals surface area contributed by atoms with Crippen LogP contribution in [0.3, 0.4) is 0 Å². The molecular formula is C18H15N3O5. The summed E-state index contributed by atoms with van der Waals surface area (Å²) in [4.78, 5) is 30.7. The number of carbonyl (C=O) groups excluding carboxylic acids is 1. The third kappa shape index (κ3) is 2.12. The Balaban J connectivity index is 1.87. The summed E-state index contributed by atoms with van der Waals surface area (Å²) in [5, 5.41) is 15.1. The number of amidine groups is 1. The van der Waals surface area contributed by atoms with Crippen LogP contribution in [-0.4, -0.2) is 29.1 Å². The number of oxime groups is 1. The van der Waals surface area contributed by atoms with Crippen LogP contribution in [0.5, 0.6) is 0 Å². The molecule has 0 saturated heterocycles. The molecule has 2 aliphatic rings. The Labute approximate surface area is 148 Å². The topological polar surface area (TPSA) is 94.3 Å². The van der Waals surface area contributed by atoms with Crippen LogP contribution in [0, 0.1) is 17.0 Å². The van der Waals surface area contributed by atoms with Gasteiger partial charge < -0.3 is 9.57 Å². The van der Waals surface area contributed by atoms with Crippen LogP contribution in [0.25, 0.3) is 0 Å². The Morgan fingerprint density at radius 2 is 2.12 bits per heavy atom. The molecule has 2 aliphatic heterocycles. The van der Waals surface area contributed by atoms with E-state index in [1.165, 1.54) is 12.1 Å². The maximum atomic E-state index is 13.0. The smallest absolute Gasteiger partial charge is 0.327 e. The average Bonchev–Trinajstić information content (AvgIpc) is 3.11. The maximum Gasteiger partial charge on any atom is 0.390 e. The van der Waals surface area contributed by atoms with Crippen molar-refractivity contribution in [2.24, 2.45) is 5.16 Å². The average molecular weight is 353 g/mol. The standard InChI is InChI=1S/C18H15N3O5/c1-3-25-18-16(22)14-9-11(2)7-8-15(14)20(18)17(19-26-18)12-5-4-6-13(10-12)21(23)24/h4-10H,3H2,1-2H3. The van der Waals surface area contributed by atoms with Gasteiger partial charge in [-0.2, -0.15) is 0 Å². The first-order valence-electron chi connectivity index (χ1n) is 8.08. The first-order valence-corrected chi connectivity index (χ1v) is 8.08. The molecule has 0 aliphatic carbocycles. The third-order valence-corrected chi connectivity index (χ3v) is 4.34. The van der Waals surface area contributed by atoms with Crippen molar-refractivity contribution in [2.45, 2.75) is 19.8 Å². The molecule has 0 radical (unpaired) electrons. The molecule has 8 nitrogen and oxygen atoms in total. The number of aryl methyl sites for hydroxylation is 1. The van der Waals surface area contributed by atoms with Crippen LogP contribution in [0.1, 0.15) is 28.4 Å². The number of rotatable bonds is 4. The van der Waals surface area contributed by atoms with Gasteiger partial charge in [-0.3, -0.25) is 19.8 Å². The summed E-state index contributed by atoms with van der Waals surface area (Å²) in [6, 6.07) is 11.5. The van der Waals surface area contributed by atoms with E-state index in [-0.39, 0.29) is 23.9 Å². The summed E-state index contributed by atoms with van der Waals surface area (Å²) in [5.74, 6) is -1.76. The third-order valence-electron chi connectivity index (χ3n) is 4.34. The van der Waals surface area contributed by atoms with Gasteiger partial charge in [-0.1, -0.05) is 28.9 Å². The highest BCUT2D eigenvalue weighted by atomic mass is 16.8. The van der Waals surface area contributed by atoms with E-state index in [0.717, 1.165) is 5.56 Å². The number of carbonyl (C=O) groups is 1. The number of hydrogen-bond donors (Lipinski definition) is 0. The molecule has 1 unspecified atom stereocenters. The van der Waals surface area contributed by atoms with Gasteiger partial charge in [-0.15, -0.1) is 0 Å². The molecule has 0 aromatic heterocycles. The molecule has 0 spiro atoms. The second kappa shape index (κ2) is 5.63. The highest BCUT2D eigenvalue weighted by molar-refractivity contribution is 6.24. The Morgan fingerprint density at radius 3 is 2.85 bits per heavy atom. The molecular weight excluding hydrogens is 338 g/mol. The van der Waals surface area contributed by atoms with E-state index in [1.807, 2.05) is 13.0 Å². The van der Waals surface area contributed by atoms with Crippen molar-refractivity contribution in [1.29, 1.82) is 0 Å². The highest BCUT2D eigenvalue weighted by Gasteiger charge is 2.61. The number of nitro benzene ring substituents is 1. The Hall–Kier alpha value is -3.26. The van der Waals surface area contributed by atoms with E-state index in [4.69, 9.17) is 9.57 Å². The summed E-state index contributed by atoms with van der Waals surface area (Å²) >= 11 is 0. The minimum absolute atomic E-state index is 0.0752. The van der Waals surface area contributed by atoms with Gasteiger partial charge >= 0.3 is 5.91 Å². The van der Waals surface area contributed by atoms with Gasteiger partial charge in [0.25, 0.3) is 11.5 Å². The Morgan fingerprint density at radius 1 is 1.31 bits per heavy atom. The van der Waals surface area contributed by atoms with Crippen LogP contribution in [-0.2, 0) is 9.57 Å². The van der Waals surface area contributed by atoms with E-state index < -0.39 is 10.8 Å². The summed E-state index contributed by atoms with van der Waals surface area (Å²) in [6.07, 6.45) is 0. The largest absolute Gasteiger partial charge is 0.390 e. The molecule has 8 heteroatoms. The number of ketones is 1. The fourth-order valence-corrected chi connectivity index (χ4v) is 3.23. The first kappa shape index (κ1) is 16.2. The van der Waals surface area contributed by atoms with E-state index in [1.54, 1.807) is 36.1 Å². The van der Waals surface area contributed by atoms with Gasteiger partial charge in [0.15, 0.2) is 5.84 Å². The number of nitro groups is 1. The lowest BCUT2D eigenvalue weighted by Gasteiger charge is -2.28. The van der Waals surface area contributed by atoms with Crippen LogP contribution < -0.4 is 4.90 Å². The molecule has 132 valence electrons. The van der Waals surface area contributed by atoms with Crippen molar-refractivity contribution in [3.05, 3.63) is 69.3 Å². The van der Waals surface area contributed by atoms with Crippen LogP contribution >= 0.6 is 0 Å². The van der Waals surface area contributed by atoms with Crippen molar-refractivity contribution < 1.29 is 19.3 Å². The zero-order valence-electron chi connectivity index (χ0n) is 14.1. The van der Waals surface area contributed by atoms with E-state index in [2.05, 4.69) is 5.16 Å². The minimum atomic E-state index is -1.70.